The van der Waals surface area contributed by atoms with E-state index in [1.165, 1.54) is 38.8 Å². The quantitative estimate of drug-likeness (QED) is 0.324. The molecule has 0 saturated carbocycles. The lowest BCUT2D eigenvalue weighted by atomic mass is 9.81. The maximum atomic E-state index is 13.7. The van der Waals surface area contributed by atoms with E-state index in [4.69, 9.17) is 0 Å². The summed E-state index contributed by atoms with van der Waals surface area (Å²) in [4.78, 5) is 29.1. The van der Waals surface area contributed by atoms with Crippen molar-refractivity contribution in [3.63, 3.8) is 0 Å². The van der Waals surface area contributed by atoms with Crippen LogP contribution in [0, 0.1) is 5.92 Å². The molecule has 2 bridgehead atoms. The van der Waals surface area contributed by atoms with Gasteiger partial charge in [-0.2, -0.15) is 0 Å². The van der Waals surface area contributed by atoms with E-state index < -0.39 is 0 Å². The Hall–Kier alpha value is -2.72. The Kier molecular flexibility index (Phi) is 5.02. The van der Waals surface area contributed by atoms with Gasteiger partial charge in [-0.15, -0.1) is 0 Å². The first-order valence-electron chi connectivity index (χ1n) is 12.6. The monoisotopic (exact) mass is 441 g/mol. The van der Waals surface area contributed by atoms with E-state index in [9.17, 15) is 9.59 Å². The second-order valence-electron chi connectivity index (χ2n) is 10.7. The van der Waals surface area contributed by atoms with Gasteiger partial charge in [0, 0.05) is 18.9 Å². The molecule has 170 valence electrons. The van der Waals surface area contributed by atoms with E-state index in [-0.39, 0.29) is 24.7 Å². The summed E-state index contributed by atoms with van der Waals surface area (Å²) in [6.45, 7) is 3.07. The lowest BCUT2D eigenvalue weighted by molar-refractivity contribution is -0.947. The highest BCUT2D eigenvalue weighted by molar-refractivity contribution is 6.12. The van der Waals surface area contributed by atoms with Crippen molar-refractivity contribution >= 4 is 33.4 Å². The molecule has 4 heteroatoms. The van der Waals surface area contributed by atoms with E-state index >= 15 is 0 Å². The maximum absolute atomic E-state index is 13.7. The van der Waals surface area contributed by atoms with Crippen molar-refractivity contribution in [2.75, 3.05) is 26.7 Å². The lowest BCUT2D eigenvalue weighted by Gasteiger charge is -2.51. The normalized spacial score (nSPS) is 28.0. The molecule has 3 aromatic rings. The number of carbonyl (C=O) groups excluding carboxylic acids is 2. The number of piperidine rings is 2. The van der Waals surface area contributed by atoms with Gasteiger partial charge in [0.15, 0.2) is 0 Å². The van der Waals surface area contributed by atoms with Crippen LogP contribution in [-0.4, -0.2) is 53.9 Å². The Bertz CT molecular complexity index is 1130. The molecule has 7 rings (SSSR count). The highest BCUT2D eigenvalue weighted by Crippen LogP contribution is 2.38. The maximum Gasteiger partial charge on any atom is 0.233 e. The first-order valence-corrected chi connectivity index (χ1v) is 12.6. The lowest BCUT2D eigenvalue weighted by Crippen LogP contribution is -2.62. The summed E-state index contributed by atoms with van der Waals surface area (Å²) in [5, 5.41) is 4.46. The third-order valence-electron chi connectivity index (χ3n) is 8.84. The number of benzene rings is 3. The summed E-state index contributed by atoms with van der Waals surface area (Å²) >= 11 is 0. The van der Waals surface area contributed by atoms with Crippen LogP contribution in [0.15, 0.2) is 48.5 Å². The van der Waals surface area contributed by atoms with Gasteiger partial charge in [0.1, 0.15) is 0 Å². The Morgan fingerprint density at radius 3 is 1.82 bits per heavy atom. The van der Waals surface area contributed by atoms with E-state index in [2.05, 4.69) is 31.3 Å². The number of hydrogen-bond donors (Lipinski definition) is 0. The van der Waals surface area contributed by atoms with Crippen LogP contribution in [0.3, 0.4) is 0 Å². The summed E-state index contributed by atoms with van der Waals surface area (Å²) < 4.78 is 1.13. The summed E-state index contributed by atoms with van der Waals surface area (Å²) in [6, 6.07) is 17.2. The Labute approximate surface area is 195 Å². The predicted molar refractivity (Wildman–Crippen MR) is 132 cm³/mol. The van der Waals surface area contributed by atoms with Gasteiger partial charge in [0.2, 0.25) is 11.8 Å². The van der Waals surface area contributed by atoms with E-state index in [1.807, 2.05) is 24.3 Å². The number of carbonyl (C=O) groups is 2. The number of nitrogens with zero attached hydrogens (tertiary/aromatic N) is 2. The van der Waals surface area contributed by atoms with E-state index in [0.29, 0.717) is 18.5 Å². The smallest absolute Gasteiger partial charge is 0.233 e. The summed E-state index contributed by atoms with van der Waals surface area (Å²) in [5.74, 6) is 0.354. The van der Waals surface area contributed by atoms with Crippen molar-refractivity contribution < 1.29 is 14.1 Å². The van der Waals surface area contributed by atoms with Crippen LogP contribution in [0.2, 0.25) is 0 Å². The highest BCUT2D eigenvalue weighted by Gasteiger charge is 2.45. The van der Waals surface area contributed by atoms with Crippen LogP contribution >= 0.6 is 0 Å². The minimum atomic E-state index is -0.0293. The van der Waals surface area contributed by atoms with Gasteiger partial charge in [-0.3, -0.25) is 14.5 Å². The standard InChI is InChI=1S/C29H33N2O2/c1-31-15-7-6-14-27(31)20(9-8-16-31)19-30-28(32)17-25-21-10-2-3-11-22(21)26(18-29(30)33)24-13-5-4-12-23(24)25/h2-5,10-13,20,27H,6-9,14-19H2,1H3/q+1. The van der Waals surface area contributed by atoms with Crippen LogP contribution in [0.25, 0.3) is 21.5 Å². The fourth-order valence-electron chi connectivity index (χ4n) is 7.21. The second-order valence-corrected chi connectivity index (χ2v) is 10.7. The van der Waals surface area contributed by atoms with Crippen molar-refractivity contribution in [2.24, 2.45) is 5.92 Å². The Balaban J connectivity index is 1.42. The van der Waals surface area contributed by atoms with Crippen LogP contribution in [0.1, 0.15) is 43.2 Å². The number of fused-ring (bicyclic) bond motifs is 5. The zero-order chi connectivity index (χ0) is 22.6. The molecule has 33 heavy (non-hydrogen) atoms. The van der Waals surface area contributed by atoms with Gasteiger partial charge in [-0.25, -0.2) is 0 Å². The molecule has 0 aromatic heterocycles. The van der Waals surface area contributed by atoms with Crippen molar-refractivity contribution in [3.05, 3.63) is 59.7 Å². The molecule has 4 nitrogen and oxygen atoms in total. The molecule has 4 heterocycles. The van der Waals surface area contributed by atoms with E-state index in [1.54, 1.807) is 4.90 Å². The van der Waals surface area contributed by atoms with Gasteiger partial charge in [0.25, 0.3) is 0 Å². The van der Waals surface area contributed by atoms with Gasteiger partial charge in [0.05, 0.1) is 39.0 Å². The molecule has 0 radical (unpaired) electrons. The van der Waals surface area contributed by atoms with Crippen molar-refractivity contribution in [2.45, 2.75) is 51.0 Å². The van der Waals surface area contributed by atoms with Gasteiger partial charge >= 0.3 is 0 Å². The molecule has 3 unspecified atom stereocenters. The number of hydrogen-bond acceptors (Lipinski definition) is 2. The first-order chi connectivity index (χ1) is 16.0. The fourth-order valence-corrected chi connectivity index (χ4v) is 7.21. The fraction of sp³-hybridized carbons (Fsp3) is 0.448. The zero-order valence-corrected chi connectivity index (χ0v) is 19.6. The van der Waals surface area contributed by atoms with Crippen molar-refractivity contribution in [1.82, 2.24) is 4.90 Å². The summed E-state index contributed by atoms with van der Waals surface area (Å²) in [6.07, 6.45) is 6.70. The van der Waals surface area contributed by atoms with Crippen LogP contribution in [0.5, 0.6) is 0 Å². The minimum absolute atomic E-state index is 0.0293. The third kappa shape index (κ3) is 3.38. The Morgan fingerprint density at radius 1 is 0.758 bits per heavy atom. The average molecular weight is 442 g/mol. The van der Waals surface area contributed by atoms with Crippen molar-refractivity contribution in [3.8, 4) is 0 Å². The van der Waals surface area contributed by atoms with Gasteiger partial charge < -0.3 is 4.48 Å². The molecule has 2 amide bonds. The molecule has 0 N–H and O–H groups in total. The topological polar surface area (TPSA) is 37.4 Å². The first kappa shape index (κ1) is 20.9. The molecule has 0 spiro atoms. The largest absolute Gasteiger partial charge is 0.323 e. The molecule has 3 atom stereocenters. The number of amides is 2. The number of quaternary nitrogens is 1. The molecule has 2 fully saturated rings. The molecule has 3 aromatic carbocycles. The van der Waals surface area contributed by atoms with Crippen LogP contribution < -0.4 is 0 Å². The highest BCUT2D eigenvalue weighted by atomic mass is 16.2. The molecule has 4 aliphatic heterocycles. The molecule has 2 saturated heterocycles. The van der Waals surface area contributed by atoms with Crippen LogP contribution in [-0.2, 0) is 22.4 Å². The number of imide groups is 1. The van der Waals surface area contributed by atoms with Crippen LogP contribution in [0.4, 0.5) is 0 Å². The van der Waals surface area contributed by atoms with Crippen molar-refractivity contribution in [1.29, 1.82) is 0 Å². The van der Waals surface area contributed by atoms with Gasteiger partial charge in [-0.1, -0.05) is 48.5 Å². The molecule has 4 aliphatic rings. The van der Waals surface area contributed by atoms with Gasteiger partial charge in [-0.05, 0) is 58.4 Å². The molecular weight excluding hydrogens is 408 g/mol. The Morgan fingerprint density at radius 2 is 1.27 bits per heavy atom. The average Bonchev–Trinajstić information content (AvgIpc) is 2.90. The third-order valence-corrected chi connectivity index (χ3v) is 8.84. The zero-order valence-electron chi connectivity index (χ0n) is 19.6. The predicted octanol–water partition coefficient (Wildman–Crippen LogP) is 4.86. The summed E-state index contributed by atoms with van der Waals surface area (Å²) in [7, 11) is 2.40. The molecular formula is C29H33N2O2+. The second kappa shape index (κ2) is 7.95. The minimum Gasteiger partial charge on any atom is -0.323 e. The van der Waals surface area contributed by atoms with E-state index in [0.717, 1.165) is 43.6 Å². The number of rotatable bonds is 2. The summed E-state index contributed by atoms with van der Waals surface area (Å²) in [5.41, 5.74) is 2.13. The SMILES string of the molecule is C[N+]12CCCCC1C(CN1C(=O)Cc3c4ccccc4c(c4ccccc34)CC1=O)CCC2. The molecule has 0 aliphatic carbocycles.